The largest absolute Gasteiger partial charge is 0.390 e. The Balaban J connectivity index is 1.47. The van der Waals surface area contributed by atoms with Gasteiger partial charge in [-0.1, -0.05) is 11.6 Å². The Morgan fingerprint density at radius 3 is 2.76 bits per heavy atom. The van der Waals surface area contributed by atoms with Crippen LogP contribution in [0, 0.1) is 5.82 Å². The quantitative estimate of drug-likeness (QED) is 0.557. The summed E-state index contributed by atoms with van der Waals surface area (Å²) < 4.78 is 41.9. The maximum absolute atomic E-state index is 15.1. The van der Waals surface area contributed by atoms with E-state index in [0.29, 0.717) is 28.7 Å². The van der Waals surface area contributed by atoms with E-state index in [-0.39, 0.29) is 29.6 Å². The summed E-state index contributed by atoms with van der Waals surface area (Å²) in [4.78, 5) is 13.2. The Labute approximate surface area is 202 Å². The van der Waals surface area contributed by atoms with Gasteiger partial charge in [0.2, 0.25) is 16.0 Å². The minimum atomic E-state index is -3.38. The Morgan fingerprint density at radius 2 is 2.06 bits per heavy atom. The number of halogens is 2. The number of piperidine rings is 1. The molecule has 34 heavy (non-hydrogen) atoms. The van der Waals surface area contributed by atoms with Crippen molar-refractivity contribution in [2.24, 2.45) is 0 Å². The van der Waals surface area contributed by atoms with Gasteiger partial charge in [0.15, 0.2) is 5.82 Å². The molecule has 2 aliphatic heterocycles. The summed E-state index contributed by atoms with van der Waals surface area (Å²) in [6.45, 7) is 4.48. The second-order valence-electron chi connectivity index (χ2n) is 9.62. The average molecular weight is 509 g/mol. The van der Waals surface area contributed by atoms with Crippen LogP contribution in [0.5, 0.6) is 0 Å². The summed E-state index contributed by atoms with van der Waals surface area (Å²) in [5.74, 6) is 0.634. The lowest BCUT2D eigenvalue weighted by molar-refractivity contribution is 0.0950. The lowest BCUT2D eigenvalue weighted by Crippen LogP contribution is -2.51. The highest BCUT2D eigenvalue weighted by Gasteiger charge is 2.34. The summed E-state index contributed by atoms with van der Waals surface area (Å²) in [6, 6.07) is 2.78. The van der Waals surface area contributed by atoms with E-state index in [1.165, 1.54) is 16.6 Å². The summed E-state index contributed by atoms with van der Waals surface area (Å²) in [5, 5.41) is 13.8. The molecule has 0 radical (unpaired) electrons. The number of hydrogen-bond acceptors (Lipinski definition) is 7. The zero-order chi connectivity index (χ0) is 24.4. The van der Waals surface area contributed by atoms with Gasteiger partial charge in [0.25, 0.3) is 0 Å². The van der Waals surface area contributed by atoms with Gasteiger partial charge in [-0.3, -0.25) is 0 Å². The van der Waals surface area contributed by atoms with E-state index in [2.05, 4.69) is 38.7 Å². The fraction of sp³-hybridized carbons (Fsp3) is 0.500. The average Bonchev–Trinajstić information content (AvgIpc) is 3.28. The predicted molar refractivity (Wildman–Crippen MR) is 128 cm³/mol. The second-order valence-corrected chi connectivity index (χ2v) is 12.0. The van der Waals surface area contributed by atoms with Gasteiger partial charge in [-0.2, -0.15) is 4.31 Å². The van der Waals surface area contributed by atoms with Crippen LogP contribution in [0.4, 0.5) is 10.3 Å². The number of imidazole rings is 1. The molecule has 0 unspecified atom stereocenters. The van der Waals surface area contributed by atoms with Crippen molar-refractivity contribution in [3.05, 3.63) is 35.0 Å². The number of anilines is 1. The van der Waals surface area contributed by atoms with Crippen LogP contribution in [0.25, 0.3) is 22.3 Å². The van der Waals surface area contributed by atoms with Crippen molar-refractivity contribution in [3.63, 3.8) is 0 Å². The van der Waals surface area contributed by atoms with Crippen molar-refractivity contribution < 1.29 is 17.9 Å². The minimum absolute atomic E-state index is 0.0130. The summed E-state index contributed by atoms with van der Waals surface area (Å²) in [7, 11) is -3.38. The van der Waals surface area contributed by atoms with E-state index >= 15 is 4.39 Å². The van der Waals surface area contributed by atoms with Crippen LogP contribution < -0.4 is 5.32 Å². The Bertz CT molecular complexity index is 1390. The van der Waals surface area contributed by atoms with Crippen LogP contribution in [0.2, 0.25) is 5.02 Å². The third kappa shape index (κ3) is 4.04. The second kappa shape index (κ2) is 8.11. The van der Waals surface area contributed by atoms with Crippen molar-refractivity contribution in [2.75, 3.05) is 24.7 Å². The van der Waals surface area contributed by atoms with Gasteiger partial charge < -0.3 is 15.0 Å². The van der Waals surface area contributed by atoms with Crippen LogP contribution in [0.3, 0.4) is 0 Å². The van der Waals surface area contributed by atoms with Crippen molar-refractivity contribution in [1.82, 2.24) is 23.8 Å². The van der Waals surface area contributed by atoms with Crippen LogP contribution >= 0.6 is 11.6 Å². The molecule has 0 amide bonds. The minimum Gasteiger partial charge on any atom is -0.390 e. The molecule has 2 N–H and O–H groups in total. The van der Waals surface area contributed by atoms with E-state index in [0.717, 1.165) is 24.9 Å². The molecule has 0 aliphatic carbocycles. The van der Waals surface area contributed by atoms with Gasteiger partial charge in [-0.15, -0.1) is 0 Å². The molecule has 2 aliphatic rings. The SMILES string of the molecule is CC1(C)CCc2nc3c(F)cc(-c4nc(N[C@@H]5CCN(S(C)(=O)=O)C[C@H]5O)ncc4Cl)cc3n21. The molecule has 5 rings (SSSR count). The fourth-order valence-electron chi connectivity index (χ4n) is 4.87. The lowest BCUT2D eigenvalue weighted by Gasteiger charge is -2.34. The molecule has 2 aromatic heterocycles. The number of hydrogen-bond donors (Lipinski definition) is 2. The molecule has 4 heterocycles. The molecular formula is C22H26ClFN6O3S. The first kappa shape index (κ1) is 23.4. The van der Waals surface area contributed by atoms with Crippen molar-refractivity contribution >= 4 is 38.6 Å². The molecule has 0 bridgehead atoms. The maximum Gasteiger partial charge on any atom is 0.223 e. The van der Waals surface area contributed by atoms with Crippen LogP contribution in [0.1, 0.15) is 32.5 Å². The fourth-order valence-corrected chi connectivity index (χ4v) is 5.93. The highest BCUT2D eigenvalue weighted by Crippen LogP contribution is 2.38. The smallest absolute Gasteiger partial charge is 0.223 e. The molecule has 1 saturated heterocycles. The number of nitrogens with one attached hydrogen (secondary N) is 1. The number of aryl methyl sites for hydroxylation is 1. The van der Waals surface area contributed by atoms with E-state index in [1.54, 1.807) is 0 Å². The van der Waals surface area contributed by atoms with Crippen LogP contribution in [-0.2, 0) is 22.0 Å². The monoisotopic (exact) mass is 508 g/mol. The van der Waals surface area contributed by atoms with E-state index in [9.17, 15) is 13.5 Å². The Kier molecular flexibility index (Phi) is 5.58. The summed E-state index contributed by atoms with van der Waals surface area (Å²) in [5.41, 5.74) is 1.71. The molecule has 2 atom stereocenters. The van der Waals surface area contributed by atoms with Crippen LogP contribution in [-0.4, -0.2) is 68.8 Å². The standard InChI is InChI=1S/C22H26ClFN6O3S/c1-22(2)6-4-18-27-20-14(24)8-12(9-16(20)30(18)22)19-13(23)10-25-21(28-19)26-15-5-7-29(11-17(15)31)34(3,32)33/h8-10,15,17,31H,4-7,11H2,1-3H3,(H,25,26,28)/t15-,17-/m1/s1. The number of benzene rings is 1. The zero-order valence-corrected chi connectivity index (χ0v) is 20.7. The van der Waals surface area contributed by atoms with E-state index < -0.39 is 28.0 Å². The van der Waals surface area contributed by atoms with Gasteiger partial charge in [-0.25, -0.2) is 27.8 Å². The molecule has 12 heteroatoms. The number of nitrogens with zero attached hydrogens (tertiary/aromatic N) is 5. The van der Waals surface area contributed by atoms with Crippen molar-refractivity contribution in [3.8, 4) is 11.3 Å². The molecule has 182 valence electrons. The highest BCUT2D eigenvalue weighted by atomic mass is 35.5. The Hall–Kier alpha value is -2.34. The van der Waals surface area contributed by atoms with Gasteiger partial charge in [-0.05, 0) is 38.8 Å². The van der Waals surface area contributed by atoms with Gasteiger partial charge in [0.05, 0.1) is 40.8 Å². The first-order valence-corrected chi connectivity index (χ1v) is 13.3. The first-order chi connectivity index (χ1) is 15.9. The number of rotatable bonds is 4. The first-order valence-electron chi connectivity index (χ1n) is 11.1. The third-order valence-electron chi connectivity index (χ3n) is 6.69. The molecule has 3 aromatic rings. The number of aliphatic hydroxyl groups is 1. The topological polar surface area (TPSA) is 113 Å². The number of aliphatic hydroxyl groups excluding tert-OH is 1. The molecular weight excluding hydrogens is 483 g/mol. The van der Waals surface area contributed by atoms with Crippen molar-refractivity contribution in [1.29, 1.82) is 0 Å². The summed E-state index contributed by atoms with van der Waals surface area (Å²) in [6.07, 6.45) is 3.72. The maximum atomic E-state index is 15.1. The number of aromatic nitrogens is 4. The summed E-state index contributed by atoms with van der Waals surface area (Å²) >= 11 is 6.40. The van der Waals surface area contributed by atoms with E-state index in [4.69, 9.17) is 11.6 Å². The number of sulfonamides is 1. The van der Waals surface area contributed by atoms with Crippen molar-refractivity contribution in [2.45, 2.75) is 50.8 Å². The lowest BCUT2D eigenvalue weighted by atomic mass is 10.0. The molecule has 1 aromatic carbocycles. The molecule has 1 fully saturated rings. The van der Waals surface area contributed by atoms with Gasteiger partial charge >= 0.3 is 0 Å². The normalized spacial score (nSPS) is 22.8. The molecule has 0 saturated carbocycles. The third-order valence-corrected chi connectivity index (χ3v) is 8.24. The highest BCUT2D eigenvalue weighted by molar-refractivity contribution is 7.88. The predicted octanol–water partition coefficient (Wildman–Crippen LogP) is 2.77. The number of β-amino-alcohol motifs (C(OH)–C–C–N with tert-alkyl or cyclic N) is 1. The van der Waals surface area contributed by atoms with E-state index in [1.807, 2.05) is 6.07 Å². The molecule has 9 nitrogen and oxygen atoms in total. The zero-order valence-electron chi connectivity index (χ0n) is 19.1. The molecule has 0 spiro atoms. The number of fused-ring (bicyclic) bond motifs is 3. The van der Waals surface area contributed by atoms with Gasteiger partial charge in [0, 0.05) is 30.6 Å². The Morgan fingerprint density at radius 1 is 1.29 bits per heavy atom. The van der Waals surface area contributed by atoms with Crippen LogP contribution in [0.15, 0.2) is 18.3 Å². The van der Waals surface area contributed by atoms with Gasteiger partial charge in [0.1, 0.15) is 11.3 Å².